The molecule has 7 heteroatoms. The number of rotatable bonds is 2. The fourth-order valence-electron chi connectivity index (χ4n) is 1.78. The molecule has 20 heavy (non-hydrogen) atoms. The molecule has 2 aromatic heterocycles. The zero-order valence-corrected chi connectivity index (χ0v) is 10.8. The van der Waals surface area contributed by atoms with E-state index in [1.54, 1.807) is 24.3 Å². The fourth-order valence-corrected chi connectivity index (χ4v) is 1.91. The average Bonchev–Trinajstić information content (AvgIpc) is 2.86. The molecule has 3 aromatic rings. The molecule has 0 spiro atoms. The molecule has 2 N–H and O–H groups in total. The van der Waals surface area contributed by atoms with E-state index in [2.05, 4.69) is 15.2 Å². The number of hydrogen-bond donors (Lipinski definition) is 2. The van der Waals surface area contributed by atoms with Gasteiger partial charge in [0.05, 0.1) is 0 Å². The lowest BCUT2D eigenvalue weighted by molar-refractivity contribution is 0.551. The van der Waals surface area contributed by atoms with Crippen LogP contribution in [0.5, 0.6) is 0 Å². The molecule has 0 saturated carbocycles. The van der Waals surface area contributed by atoms with Crippen LogP contribution in [0.1, 0.15) is 0 Å². The van der Waals surface area contributed by atoms with Crippen LogP contribution in [-0.2, 0) is 0 Å². The van der Waals surface area contributed by atoms with Crippen molar-refractivity contribution in [1.29, 1.82) is 0 Å². The van der Waals surface area contributed by atoms with Gasteiger partial charge in [-0.15, -0.1) is 5.10 Å². The monoisotopic (exact) mass is 289 g/mol. The number of aromatic amines is 2. The van der Waals surface area contributed by atoms with Crippen LogP contribution in [0.15, 0.2) is 45.6 Å². The van der Waals surface area contributed by atoms with Crippen molar-refractivity contribution in [1.82, 2.24) is 15.2 Å². The summed E-state index contributed by atoms with van der Waals surface area (Å²) in [5, 5.41) is 6.25. The SMILES string of the molecule is O=c1[nH]c(-c2ccc(F)cc2)ccc1-c1n[nH]c(=S)o1. The highest BCUT2D eigenvalue weighted by Crippen LogP contribution is 2.18. The van der Waals surface area contributed by atoms with E-state index in [1.807, 2.05) is 0 Å². The number of H-pyrrole nitrogens is 2. The normalized spacial score (nSPS) is 10.7. The largest absolute Gasteiger partial charge is 0.409 e. The predicted molar refractivity (Wildman–Crippen MR) is 73.1 cm³/mol. The third kappa shape index (κ3) is 2.30. The van der Waals surface area contributed by atoms with Crippen LogP contribution in [0.4, 0.5) is 4.39 Å². The summed E-state index contributed by atoms with van der Waals surface area (Å²) in [6.07, 6.45) is 0. The van der Waals surface area contributed by atoms with E-state index in [-0.39, 0.29) is 27.7 Å². The number of nitrogens with zero attached hydrogens (tertiary/aromatic N) is 1. The molecule has 5 nitrogen and oxygen atoms in total. The van der Waals surface area contributed by atoms with E-state index in [0.717, 1.165) is 0 Å². The smallest absolute Gasteiger partial charge is 0.284 e. The predicted octanol–water partition coefficient (Wildman–Crippen LogP) is 2.89. The Morgan fingerprint density at radius 2 is 1.90 bits per heavy atom. The quantitative estimate of drug-likeness (QED) is 0.711. The van der Waals surface area contributed by atoms with Gasteiger partial charge in [-0.25, -0.2) is 9.49 Å². The van der Waals surface area contributed by atoms with Crippen LogP contribution in [0.2, 0.25) is 0 Å². The van der Waals surface area contributed by atoms with Gasteiger partial charge in [0.25, 0.3) is 16.3 Å². The zero-order chi connectivity index (χ0) is 14.1. The minimum absolute atomic E-state index is 0.0991. The number of benzene rings is 1. The van der Waals surface area contributed by atoms with Crippen LogP contribution in [0.25, 0.3) is 22.7 Å². The van der Waals surface area contributed by atoms with Gasteiger partial charge in [-0.1, -0.05) is 0 Å². The molecule has 0 aliphatic heterocycles. The van der Waals surface area contributed by atoms with Gasteiger partial charge in [0.15, 0.2) is 0 Å². The standard InChI is InChI=1S/C13H8FN3O2S/c14-8-3-1-7(2-4-8)10-6-5-9(11(18)15-10)12-16-17-13(20)19-12/h1-6H,(H,15,18)(H,17,20). The molecule has 1 aromatic carbocycles. The average molecular weight is 289 g/mol. The minimum Gasteiger partial charge on any atom is -0.409 e. The molecule has 0 fully saturated rings. The molecule has 100 valence electrons. The highest BCUT2D eigenvalue weighted by molar-refractivity contribution is 7.71. The molecule has 0 bridgehead atoms. The molecule has 0 aliphatic carbocycles. The Morgan fingerprint density at radius 1 is 1.15 bits per heavy atom. The van der Waals surface area contributed by atoms with E-state index >= 15 is 0 Å². The molecule has 0 amide bonds. The summed E-state index contributed by atoms with van der Waals surface area (Å²) in [5.41, 5.74) is 1.19. The Morgan fingerprint density at radius 3 is 2.50 bits per heavy atom. The lowest BCUT2D eigenvalue weighted by Gasteiger charge is -2.02. The van der Waals surface area contributed by atoms with Crippen LogP contribution >= 0.6 is 12.2 Å². The van der Waals surface area contributed by atoms with Gasteiger partial charge in [0.2, 0.25) is 0 Å². The summed E-state index contributed by atoms with van der Waals surface area (Å²) in [6.45, 7) is 0. The maximum atomic E-state index is 12.9. The lowest BCUT2D eigenvalue weighted by Crippen LogP contribution is -2.09. The second kappa shape index (κ2) is 4.86. The molecule has 0 radical (unpaired) electrons. The van der Waals surface area contributed by atoms with E-state index < -0.39 is 0 Å². The van der Waals surface area contributed by atoms with Crippen LogP contribution in [0, 0.1) is 10.7 Å². The number of hydrogen-bond acceptors (Lipinski definition) is 4. The van der Waals surface area contributed by atoms with E-state index in [0.29, 0.717) is 11.3 Å². The van der Waals surface area contributed by atoms with Crippen molar-refractivity contribution in [3.8, 4) is 22.7 Å². The summed E-state index contributed by atoms with van der Waals surface area (Å²) in [5.74, 6) is -0.206. The number of nitrogens with one attached hydrogen (secondary N) is 2. The van der Waals surface area contributed by atoms with Crippen molar-refractivity contribution in [3.63, 3.8) is 0 Å². The highest BCUT2D eigenvalue weighted by Gasteiger charge is 2.10. The molecule has 3 rings (SSSR count). The van der Waals surface area contributed by atoms with Crippen molar-refractivity contribution in [2.75, 3.05) is 0 Å². The second-order valence-corrected chi connectivity index (χ2v) is 4.41. The summed E-state index contributed by atoms with van der Waals surface area (Å²) in [4.78, 5) is 14.8. The van der Waals surface area contributed by atoms with Crippen molar-refractivity contribution in [2.45, 2.75) is 0 Å². The molecular formula is C13H8FN3O2S. The Kier molecular flexibility index (Phi) is 3.03. The molecule has 2 heterocycles. The first-order valence-electron chi connectivity index (χ1n) is 5.68. The van der Waals surface area contributed by atoms with Crippen molar-refractivity contribution in [2.24, 2.45) is 0 Å². The van der Waals surface area contributed by atoms with Gasteiger partial charge in [0.1, 0.15) is 11.4 Å². The van der Waals surface area contributed by atoms with Gasteiger partial charge >= 0.3 is 0 Å². The molecule has 0 saturated heterocycles. The Bertz CT molecular complexity index is 864. The zero-order valence-electron chi connectivity index (χ0n) is 10.0. The summed E-state index contributed by atoms with van der Waals surface area (Å²) in [7, 11) is 0. The van der Waals surface area contributed by atoms with Gasteiger partial charge in [-0.05, 0) is 54.2 Å². The van der Waals surface area contributed by atoms with E-state index in [4.69, 9.17) is 16.6 Å². The van der Waals surface area contributed by atoms with Gasteiger partial charge < -0.3 is 9.40 Å². The first kappa shape index (κ1) is 12.5. The second-order valence-electron chi connectivity index (χ2n) is 4.04. The minimum atomic E-state index is -0.364. The Balaban J connectivity index is 2.05. The van der Waals surface area contributed by atoms with Crippen molar-refractivity contribution < 1.29 is 8.81 Å². The van der Waals surface area contributed by atoms with E-state index in [1.165, 1.54) is 12.1 Å². The van der Waals surface area contributed by atoms with E-state index in [9.17, 15) is 9.18 Å². The summed E-state index contributed by atoms with van der Waals surface area (Å²) < 4.78 is 18.0. The van der Waals surface area contributed by atoms with Crippen LogP contribution in [0.3, 0.4) is 0 Å². The van der Waals surface area contributed by atoms with Crippen molar-refractivity contribution in [3.05, 3.63) is 57.4 Å². The third-order valence-electron chi connectivity index (χ3n) is 2.73. The number of aromatic nitrogens is 3. The number of halogens is 1. The van der Waals surface area contributed by atoms with Crippen LogP contribution in [-0.4, -0.2) is 15.2 Å². The first-order valence-corrected chi connectivity index (χ1v) is 6.09. The molecule has 0 unspecified atom stereocenters. The summed E-state index contributed by atoms with van der Waals surface area (Å²) in [6, 6.07) is 9.09. The lowest BCUT2D eigenvalue weighted by atomic mass is 10.1. The molecule has 0 atom stereocenters. The number of pyridine rings is 1. The molecular weight excluding hydrogens is 281 g/mol. The summed E-state index contributed by atoms with van der Waals surface area (Å²) >= 11 is 4.76. The van der Waals surface area contributed by atoms with Crippen molar-refractivity contribution >= 4 is 12.2 Å². The van der Waals surface area contributed by atoms with Crippen LogP contribution < -0.4 is 5.56 Å². The topological polar surface area (TPSA) is 74.7 Å². The molecule has 0 aliphatic rings. The van der Waals surface area contributed by atoms with Gasteiger partial charge in [-0.3, -0.25) is 4.79 Å². The maximum Gasteiger partial charge on any atom is 0.284 e. The maximum absolute atomic E-state index is 12.9. The van der Waals surface area contributed by atoms with Gasteiger partial charge in [0, 0.05) is 5.69 Å². The Labute approximate surface area is 117 Å². The third-order valence-corrected chi connectivity index (χ3v) is 2.91. The first-order chi connectivity index (χ1) is 9.63. The van der Waals surface area contributed by atoms with Gasteiger partial charge in [-0.2, -0.15) is 0 Å². The fraction of sp³-hybridized carbons (Fsp3) is 0. The Hall–Kier alpha value is -2.54. The highest BCUT2D eigenvalue weighted by atomic mass is 32.1.